The van der Waals surface area contributed by atoms with Crippen molar-refractivity contribution in [1.29, 1.82) is 0 Å². The number of methoxy groups -OCH3 is 1. The van der Waals surface area contributed by atoms with Gasteiger partial charge in [0.25, 0.3) is 0 Å². The third-order valence-electron chi connectivity index (χ3n) is 5.00. The Kier molecular flexibility index (Phi) is 6.81. The molecule has 0 saturated carbocycles. The van der Waals surface area contributed by atoms with Gasteiger partial charge in [-0.05, 0) is 44.9 Å². The average molecular weight is 410 g/mol. The maximum absolute atomic E-state index is 13.5. The highest BCUT2D eigenvalue weighted by Gasteiger charge is 2.57. The van der Waals surface area contributed by atoms with Crippen molar-refractivity contribution in [3.63, 3.8) is 0 Å². The number of nitrogens with zero attached hydrogens (tertiary/aromatic N) is 2. The molecule has 0 aromatic heterocycles. The van der Waals surface area contributed by atoms with E-state index in [1.54, 1.807) is 20.8 Å². The van der Waals surface area contributed by atoms with Gasteiger partial charge in [-0.1, -0.05) is 12.1 Å². The second-order valence-corrected chi connectivity index (χ2v) is 8.17. The van der Waals surface area contributed by atoms with E-state index in [0.29, 0.717) is 12.0 Å². The molecule has 1 amide bonds. The van der Waals surface area contributed by atoms with Crippen molar-refractivity contribution >= 4 is 12.1 Å². The normalized spacial score (nSPS) is 22.1. The minimum atomic E-state index is -1.62. The first kappa shape index (κ1) is 22.6. The molecule has 0 N–H and O–H groups in total. The van der Waals surface area contributed by atoms with Crippen molar-refractivity contribution < 1.29 is 28.4 Å². The molecule has 1 aliphatic heterocycles. The highest BCUT2D eigenvalue weighted by atomic mass is 19.1. The molecule has 0 unspecified atom stereocenters. The van der Waals surface area contributed by atoms with Crippen molar-refractivity contribution in [3.8, 4) is 0 Å². The zero-order valence-corrected chi connectivity index (χ0v) is 17.1. The van der Waals surface area contributed by atoms with E-state index in [1.165, 1.54) is 36.3 Å². The van der Waals surface area contributed by atoms with Crippen LogP contribution in [0.15, 0.2) is 24.3 Å². The molecular weight excluding hydrogens is 383 g/mol. The van der Waals surface area contributed by atoms with Gasteiger partial charge in [-0.25, -0.2) is 9.18 Å². The molecule has 1 heterocycles. The number of likely N-dealkylation sites (tertiary alicyclic amines) is 1. The van der Waals surface area contributed by atoms with Gasteiger partial charge < -0.3 is 9.47 Å². The molecule has 0 spiro atoms. The molecule has 0 aliphatic carbocycles. The first-order valence-corrected chi connectivity index (χ1v) is 9.46. The highest BCUT2D eigenvalue weighted by Crippen LogP contribution is 2.45. The number of halogens is 1. The van der Waals surface area contributed by atoms with Crippen LogP contribution in [0.4, 0.5) is 9.18 Å². The third-order valence-corrected chi connectivity index (χ3v) is 5.00. The van der Waals surface area contributed by atoms with E-state index in [-0.39, 0.29) is 25.8 Å². The van der Waals surface area contributed by atoms with Crippen LogP contribution < -0.4 is 0 Å². The number of amides is 1. The Balaban J connectivity index is 2.53. The second kappa shape index (κ2) is 8.75. The fraction of sp³-hybridized carbons (Fsp3) is 0.600. The molecule has 29 heavy (non-hydrogen) atoms. The number of nitro groups is 1. The number of esters is 1. The minimum absolute atomic E-state index is 0.117. The molecule has 160 valence electrons. The predicted molar refractivity (Wildman–Crippen MR) is 102 cm³/mol. The van der Waals surface area contributed by atoms with Crippen LogP contribution in [-0.2, 0) is 14.3 Å². The summed E-state index contributed by atoms with van der Waals surface area (Å²) in [6.45, 7) is 5.38. The van der Waals surface area contributed by atoms with Crippen LogP contribution in [0, 0.1) is 15.9 Å². The molecule has 2 rings (SSSR count). The SMILES string of the molecule is COC(=O)CC[C@@]1([N+](=O)[O-])CCCN(C(=O)OC(C)(C)C)[C@H]1c1ccc(F)cc1. The summed E-state index contributed by atoms with van der Waals surface area (Å²) in [4.78, 5) is 37.8. The summed E-state index contributed by atoms with van der Waals surface area (Å²) in [6, 6.07) is 4.24. The fourth-order valence-electron chi connectivity index (χ4n) is 3.73. The molecule has 0 radical (unpaired) electrons. The Hall–Kier alpha value is -2.71. The smallest absolute Gasteiger partial charge is 0.411 e. The summed E-state index contributed by atoms with van der Waals surface area (Å²) in [6.07, 6.45) is -0.432. The van der Waals surface area contributed by atoms with E-state index in [0.717, 1.165) is 0 Å². The molecule has 1 aromatic carbocycles. The first-order valence-electron chi connectivity index (χ1n) is 9.46. The largest absolute Gasteiger partial charge is 0.469 e. The number of carbonyl (C=O) groups is 2. The molecule has 1 saturated heterocycles. The van der Waals surface area contributed by atoms with Crippen LogP contribution in [0.5, 0.6) is 0 Å². The fourth-order valence-corrected chi connectivity index (χ4v) is 3.73. The highest BCUT2D eigenvalue weighted by molar-refractivity contribution is 5.70. The van der Waals surface area contributed by atoms with Crippen molar-refractivity contribution in [1.82, 2.24) is 4.90 Å². The van der Waals surface area contributed by atoms with Gasteiger partial charge in [0, 0.05) is 24.3 Å². The van der Waals surface area contributed by atoms with Crippen molar-refractivity contribution in [2.45, 2.75) is 63.6 Å². The van der Waals surface area contributed by atoms with Gasteiger partial charge in [-0.15, -0.1) is 0 Å². The second-order valence-electron chi connectivity index (χ2n) is 8.17. The van der Waals surface area contributed by atoms with Crippen LogP contribution in [0.3, 0.4) is 0 Å². The van der Waals surface area contributed by atoms with Gasteiger partial charge in [-0.2, -0.15) is 0 Å². The van der Waals surface area contributed by atoms with Crippen molar-refractivity contribution in [2.24, 2.45) is 0 Å². The summed E-state index contributed by atoms with van der Waals surface area (Å²) < 4.78 is 23.6. The number of piperidine rings is 1. The number of carbonyl (C=O) groups excluding carboxylic acids is 2. The first-order chi connectivity index (χ1) is 13.5. The van der Waals surface area contributed by atoms with E-state index in [2.05, 4.69) is 4.74 Å². The van der Waals surface area contributed by atoms with Gasteiger partial charge >= 0.3 is 12.1 Å². The standard InChI is InChI=1S/C20H27FN2O6/c1-19(2,3)29-18(25)22-13-5-11-20(23(26)27,12-10-16(24)28-4)17(22)14-6-8-15(21)9-7-14/h6-9,17H,5,10-13H2,1-4H3/t17-,20-/m0/s1. The van der Waals surface area contributed by atoms with Gasteiger partial charge in [0.15, 0.2) is 0 Å². The molecule has 1 aromatic rings. The number of hydrogen-bond donors (Lipinski definition) is 0. The van der Waals surface area contributed by atoms with E-state index in [1.807, 2.05) is 0 Å². The minimum Gasteiger partial charge on any atom is -0.469 e. The summed E-state index contributed by atoms with van der Waals surface area (Å²) in [7, 11) is 1.21. The lowest BCUT2D eigenvalue weighted by molar-refractivity contribution is -0.585. The Morgan fingerprint density at radius 1 is 1.31 bits per heavy atom. The van der Waals surface area contributed by atoms with Gasteiger partial charge in [0.1, 0.15) is 17.5 Å². The predicted octanol–water partition coefficient (Wildman–Crippen LogP) is 3.87. The molecular formula is C20H27FN2O6. The molecule has 1 fully saturated rings. The molecule has 1 aliphatic rings. The van der Waals surface area contributed by atoms with E-state index in [4.69, 9.17) is 4.74 Å². The molecule has 2 atom stereocenters. The third kappa shape index (κ3) is 5.21. The Labute approximate surface area is 169 Å². The Morgan fingerprint density at radius 2 is 1.93 bits per heavy atom. The number of rotatable bonds is 5. The van der Waals surface area contributed by atoms with Crippen molar-refractivity contribution in [2.75, 3.05) is 13.7 Å². The molecule has 9 heteroatoms. The molecule has 0 bridgehead atoms. The lowest BCUT2D eigenvalue weighted by Crippen LogP contribution is -2.57. The van der Waals surface area contributed by atoms with Crippen LogP contribution in [-0.4, -0.2) is 46.7 Å². The van der Waals surface area contributed by atoms with Crippen LogP contribution in [0.25, 0.3) is 0 Å². The van der Waals surface area contributed by atoms with Crippen LogP contribution in [0.1, 0.15) is 58.1 Å². The zero-order chi connectivity index (χ0) is 21.8. The maximum atomic E-state index is 13.5. The summed E-state index contributed by atoms with van der Waals surface area (Å²) in [5.74, 6) is -1.06. The van der Waals surface area contributed by atoms with Crippen LogP contribution in [0.2, 0.25) is 0 Å². The van der Waals surface area contributed by atoms with Gasteiger partial charge in [0.05, 0.1) is 13.5 Å². The average Bonchev–Trinajstić information content (AvgIpc) is 2.64. The van der Waals surface area contributed by atoms with Crippen molar-refractivity contribution in [3.05, 3.63) is 45.8 Å². The molecule has 8 nitrogen and oxygen atoms in total. The monoisotopic (exact) mass is 410 g/mol. The number of ether oxygens (including phenoxy) is 2. The van der Waals surface area contributed by atoms with E-state index < -0.39 is 40.0 Å². The van der Waals surface area contributed by atoms with Gasteiger partial charge in [0.2, 0.25) is 5.54 Å². The summed E-state index contributed by atoms with van der Waals surface area (Å²) in [5, 5.41) is 12.3. The number of benzene rings is 1. The topological polar surface area (TPSA) is 99.0 Å². The lowest BCUT2D eigenvalue weighted by atomic mass is 9.75. The zero-order valence-electron chi connectivity index (χ0n) is 17.1. The Bertz CT molecular complexity index is 761. The van der Waals surface area contributed by atoms with E-state index >= 15 is 0 Å². The van der Waals surface area contributed by atoms with Crippen LogP contribution >= 0.6 is 0 Å². The Morgan fingerprint density at radius 3 is 2.45 bits per heavy atom. The quantitative estimate of drug-likeness (QED) is 0.415. The lowest BCUT2D eigenvalue weighted by Gasteiger charge is -2.44. The summed E-state index contributed by atoms with van der Waals surface area (Å²) >= 11 is 0. The number of hydrogen-bond acceptors (Lipinski definition) is 6. The summed E-state index contributed by atoms with van der Waals surface area (Å²) in [5.41, 5.74) is -2.00. The van der Waals surface area contributed by atoms with E-state index in [9.17, 15) is 24.1 Å². The van der Waals surface area contributed by atoms with Gasteiger partial charge in [-0.3, -0.25) is 19.8 Å². The maximum Gasteiger partial charge on any atom is 0.411 e.